The average molecular weight is 343 g/mol. The van der Waals surface area contributed by atoms with Crippen LogP contribution in [0.5, 0.6) is 0 Å². The zero-order valence-electron chi connectivity index (χ0n) is 13.4. The second-order valence-electron chi connectivity index (χ2n) is 5.28. The molecule has 2 aromatic rings. The minimum Gasteiger partial charge on any atom is -0.462 e. The van der Waals surface area contributed by atoms with Crippen molar-refractivity contribution in [3.05, 3.63) is 65.7 Å². The van der Waals surface area contributed by atoms with Crippen molar-refractivity contribution in [2.45, 2.75) is 11.8 Å². The van der Waals surface area contributed by atoms with Crippen molar-refractivity contribution in [2.75, 3.05) is 13.7 Å². The normalized spacial score (nSPS) is 15.8. The Balaban J connectivity index is 2.39. The van der Waals surface area contributed by atoms with Gasteiger partial charge in [0.25, 0.3) is 10.0 Å². The Kier molecular flexibility index (Phi) is 4.15. The zero-order valence-corrected chi connectivity index (χ0v) is 14.2. The van der Waals surface area contributed by atoms with Crippen molar-refractivity contribution in [3.63, 3.8) is 0 Å². The van der Waals surface area contributed by atoms with Crippen LogP contribution in [0.15, 0.2) is 59.5 Å². The van der Waals surface area contributed by atoms with Crippen molar-refractivity contribution in [1.29, 1.82) is 0 Å². The molecule has 0 amide bonds. The third kappa shape index (κ3) is 2.49. The Morgan fingerprint density at radius 3 is 2.33 bits per heavy atom. The number of carbonyl (C=O) groups is 1. The van der Waals surface area contributed by atoms with E-state index < -0.39 is 16.0 Å². The number of hydrogen-bond donors (Lipinski definition) is 0. The van der Waals surface area contributed by atoms with Crippen molar-refractivity contribution >= 4 is 27.3 Å². The molecule has 0 unspecified atom stereocenters. The molecular weight excluding hydrogens is 326 g/mol. The van der Waals surface area contributed by atoms with Gasteiger partial charge in [-0.3, -0.25) is 4.31 Å². The van der Waals surface area contributed by atoms with E-state index in [1.807, 2.05) is 6.07 Å². The molecule has 0 aromatic heterocycles. The lowest BCUT2D eigenvalue weighted by molar-refractivity contribution is -0.136. The van der Waals surface area contributed by atoms with Crippen molar-refractivity contribution < 1.29 is 17.9 Å². The average Bonchev–Trinajstić information content (AvgIpc) is 2.59. The summed E-state index contributed by atoms with van der Waals surface area (Å²) in [5, 5.41) is 0. The molecule has 0 aliphatic carbocycles. The number of nitrogens with zero attached hydrogens (tertiary/aromatic N) is 1. The van der Waals surface area contributed by atoms with E-state index in [1.165, 1.54) is 13.1 Å². The molecule has 1 heterocycles. The van der Waals surface area contributed by atoms with Crippen molar-refractivity contribution in [3.8, 4) is 0 Å². The van der Waals surface area contributed by atoms with E-state index in [0.29, 0.717) is 16.8 Å². The number of esters is 1. The number of sulfonamides is 1. The van der Waals surface area contributed by atoms with Crippen LogP contribution >= 0.6 is 0 Å². The second kappa shape index (κ2) is 6.13. The number of benzene rings is 2. The molecule has 3 rings (SSSR count). The van der Waals surface area contributed by atoms with Crippen LogP contribution in [-0.2, 0) is 19.6 Å². The Morgan fingerprint density at radius 1 is 1.04 bits per heavy atom. The number of hydrogen-bond acceptors (Lipinski definition) is 4. The van der Waals surface area contributed by atoms with Crippen molar-refractivity contribution in [2.24, 2.45) is 0 Å². The van der Waals surface area contributed by atoms with E-state index in [1.54, 1.807) is 49.4 Å². The van der Waals surface area contributed by atoms with E-state index in [-0.39, 0.29) is 17.1 Å². The molecule has 0 radical (unpaired) electrons. The van der Waals surface area contributed by atoms with Gasteiger partial charge >= 0.3 is 5.97 Å². The highest BCUT2D eigenvalue weighted by Crippen LogP contribution is 2.40. The first-order chi connectivity index (χ1) is 11.5. The molecule has 0 spiro atoms. The molecule has 6 heteroatoms. The maximum atomic E-state index is 12.9. The molecule has 0 saturated carbocycles. The van der Waals surface area contributed by atoms with Gasteiger partial charge in [0, 0.05) is 12.6 Å². The van der Waals surface area contributed by atoms with Gasteiger partial charge in [0.1, 0.15) is 0 Å². The van der Waals surface area contributed by atoms with Crippen LogP contribution in [-0.4, -0.2) is 32.3 Å². The van der Waals surface area contributed by atoms with Gasteiger partial charge in [0.15, 0.2) is 0 Å². The van der Waals surface area contributed by atoms with Crippen LogP contribution in [0.1, 0.15) is 18.1 Å². The maximum Gasteiger partial charge on any atom is 0.340 e. The van der Waals surface area contributed by atoms with Crippen LogP contribution in [0.2, 0.25) is 0 Å². The van der Waals surface area contributed by atoms with Gasteiger partial charge in [-0.05, 0) is 18.6 Å². The topological polar surface area (TPSA) is 63.7 Å². The highest BCUT2D eigenvalue weighted by Gasteiger charge is 2.37. The van der Waals surface area contributed by atoms with E-state index in [9.17, 15) is 13.2 Å². The van der Waals surface area contributed by atoms with Gasteiger partial charge in [-0.25, -0.2) is 13.2 Å². The molecule has 2 aromatic carbocycles. The monoisotopic (exact) mass is 343 g/mol. The molecule has 124 valence electrons. The largest absolute Gasteiger partial charge is 0.462 e. The molecule has 0 N–H and O–H groups in total. The number of fused-ring (bicyclic) bond motifs is 1. The van der Waals surface area contributed by atoms with Gasteiger partial charge in [-0.15, -0.1) is 0 Å². The Labute approximate surface area is 141 Å². The minimum atomic E-state index is -3.73. The van der Waals surface area contributed by atoms with Crippen LogP contribution in [0.25, 0.3) is 11.3 Å². The van der Waals surface area contributed by atoms with E-state index in [4.69, 9.17) is 4.74 Å². The van der Waals surface area contributed by atoms with Gasteiger partial charge in [0.05, 0.1) is 22.8 Å². The van der Waals surface area contributed by atoms with E-state index in [2.05, 4.69) is 0 Å². The second-order valence-corrected chi connectivity index (χ2v) is 7.22. The molecule has 0 saturated heterocycles. The first-order valence-corrected chi connectivity index (χ1v) is 8.97. The third-order valence-electron chi connectivity index (χ3n) is 3.87. The molecular formula is C18H17NO4S. The summed E-state index contributed by atoms with van der Waals surface area (Å²) in [5.41, 5.74) is 1.60. The fourth-order valence-corrected chi connectivity index (χ4v) is 4.21. The number of carbonyl (C=O) groups excluding carboxylic acids is 1. The fraction of sp³-hybridized carbons (Fsp3) is 0.167. The smallest absolute Gasteiger partial charge is 0.340 e. The summed E-state index contributed by atoms with van der Waals surface area (Å²) in [6.45, 7) is 1.93. The molecule has 24 heavy (non-hydrogen) atoms. The quantitative estimate of drug-likeness (QED) is 0.804. The maximum absolute atomic E-state index is 12.9. The number of ether oxygens (including phenoxy) is 1. The lowest BCUT2D eigenvalue weighted by atomic mass is 9.99. The van der Waals surface area contributed by atoms with Crippen LogP contribution < -0.4 is 0 Å². The first-order valence-electron chi connectivity index (χ1n) is 7.53. The van der Waals surface area contributed by atoms with Gasteiger partial charge in [-0.1, -0.05) is 48.5 Å². The molecule has 0 fully saturated rings. The standard InChI is InChI=1S/C18H17NO4S/c1-3-23-18(20)16-14-11-7-8-12-15(14)24(21,22)19(2)17(16)13-9-5-4-6-10-13/h4-12H,3H2,1-2H3. The zero-order chi connectivity index (χ0) is 17.3. The van der Waals surface area contributed by atoms with Crippen LogP contribution in [0.4, 0.5) is 0 Å². The summed E-state index contributed by atoms with van der Waals surface area (Å²) in [5.74, 6) is -0.537. The lowest BCUT2D eigenvalue weighted by Gasteiger charge is -2.31. The minimum absolute atomic E-state index is 0.107. The van der Waals surface area contributed by atoms with E-state index in [0.717, 1.165) is 4.31 Å². The van der Waals surface area contributed by atoms with Crippen LogP contribution in [0, 0.1) is 0 Å². The summed E-state index contributed by atoms with van der Waals surface area (Å²) in [6.07, 6.45) is 0. The fourth-order valence-electron chi connectivity index (χ4n) is 2.78. The SMILES string of the molecule is CCOC(=O)C1=C(c2ccccc2)N(C)S(=O)(=O)c2ccccc21. The molecule has 5 nitrogen and oxygen atoms in total. The predicted octanol–water partition coefficient (Wildman–Crippen LogP) is 2.75. The van der Waals surface area contributed by atoms with Crippen LogP contribution in [0.3, 0.4) is 0 Å². The number of rotatable bonds is 3. The molecule has 1 aliphatic rings. The third-order valence-corrected chi connectivity index (χ3v) is 5.69. The highest BCUT2D eigenvalue weighted by molar-refractivity contribution is 7.89. The van der Waals surface area contributed by atoms with Gasteiger partial charge in [-0.2, -0.15) is 0 Å². The molecule has 0 atom stereocenters. The van der Waals surface area contributed by atoms with Gasteiger partial charge in [0.2, 0.25) is 0 Å². The summed E-state index contributed by atoms with van der Waals surface area (Å²) in [7, 11) is -2.28. The highest BCUT2D eigenvalue weighted by atomic mass is 32.2. The summed E-state index contributed by atoms with van der Waals surface area (Å²) in [4.78, 5) is 12.7. The Hall–Kier alpha value is -2.60. The molecule has 0 bridgehead atoms. The summed E-state index contributed by atoms with van der Waals surface area (Å²) < 4.78 is 32.0. The van der Waals surface area contributed by atoms with E-state index >= 15 is 0 Å². The predicted molar refractivity (Wildman–Crippen MR) is 91.3 cm³/mol. The Bertz CT molecular complexity index is 917. The first kappa shape index (κ1) is 16.3. The summed E-state index contributed by atoms with van der Waals surface area (Å²) in [6, 6.07) is 15.5. The summed E-state index contributed by atoms with van der Waals surface area (Å²) >= 11 is 0. The van der Waals surface area contributed by atoms with Gasteiger partial charge < -0.3 is 4.74 Å². The van der Waals surface area contributed by atoms with Crippen molar-refractivity contribution in [1.82, 2.24) is 4.31 Å². The Morgan fingerprint density at radius 2 is 1.67 bits per heavy atom. The lowest BCUT2D eigenvalue weighted by Crippen LogP contribution is -2.32. The molecule has 1 aliphatic heterocycles.